The molecule has 0 aliphatic carbocycles. The van der Waals surface area contributed by atoms with Crippen molar-refractivity contribution in [2.24, 2.45) is 0 Å². The number of nitrogens with one attached hydrogen (secondary N) is 3. The molecule has 0 fully saturated rings. The summed E-state index contributed by atoms with van der Waals surface area (Å²) in [6.45, 7) is 1.07. The summed E-state index contributed by atoms with van der Waals surface area (Å²) in [5.74, 6) is -2.00. The van der Waals surface area contributed by atoms with Crippen LogP contribution < -0.4 is 16.0 Å². The summed E-state index contributed by atoms with van der Waals surface area (Å²) < 4.78 is 0. The lowest BCUT2D eigenvalue weighted by Crippen LogP contribution is -2.51. The molecule has 0 rings (SSSR count). The second-order valence-electron chi connectivity index (χ2n) is 2.92. The lowest BCUT2D eigenvalue weighted by molar-refractivity contribution is -0.138. The molecule has 0 radical (unpaired) electrons. The molecule has 7 heteroatoms. The molecule has 0 unspecified atom stereocenters. The van der Waals surface area contributed by atoms with Gasteiger partial charge < -0.3 is 21.1 Å². The Labute approximate surface area is 87.2 Å². The van der Waals surface area contributed by atoms with Crippen LogP contribution in [0.4, 0.5) is 0 Å². The Hall–Kier alpha value is -1.63. The van der Waals surface area contributed by atoms with Crippen LogP contribution in [0, 0.1) is 0 Å². The van der Waals surface area contributed by atoms with E-state index in [9.17, 15) is 14.4 Å². The van der Waals surface area contributed by atoms with Crippen LogP contribution in [-0.4, -0.2) is 49.1 Å². The molecule has 0 saturated carbocycles. The third-order valence-electron chi connectivity index (χ3n) is 1.52. The lowest BCUT2D eigenvalue weighted by atomic mass is 10.2. The number of carbonyl (C=O) groups excluding carboxylic acids is 2. The van der Waals surface area contributed by atoms with Crippen molar-refractivity contribution in [3.63, 3.8) is 0 Å². The second kappa shape index (κ2) is 6.77. The van der Waals surface area contributed by atoms with Gasteiger partial charge in [-0.05, 0) is 7.05 Å². The summed E-state index contributed by atoms with van der Waals surface area (Å²) in [5, 5.41) is 15.6. The lowest BCUT2D eigenvalue weighted by Gasteiger charge is -2.16. The van der Waals surface area contributed by atoms with Crippen LogP contribution in [-0.2, 0) is 14.4 Å². The summed E-state index contributed by atoms with van der Waals surface area (Å²) in [5.41, 5.74) is 0. The molecular weight excluding hydrogens is 202 g/mol. The Bertz CT molecular complexity index is 254. The van der Waals surface area contributed by atoms with Gasteiger partial charge in [-0.1, -0.05) is 0 Å². The minimum absolute atomic E-state index is 0.241. The predicted molar refractivity (Wildman–Crippen MR) is 52.2 cm³/mol. The molecule has 0 aromatic carbocycles. The van der Waals surface area contributed by atoms with Crippen LogP contribution in [0.5, 0.6) is 0 Å². The Morgan fingerprint density at radius 3 is 2.33 bits per heavy atom. The van der Waals surface area contributed by atoms with Crippen LogP contribution in [0.15, 0.2) is 0 Å². The monoisotopic (exact) mass is 217 g/mol. The van der Waals surface area contributed by atoms with Crippen molar-refractivity contribution in [1.82, 2.24) is 16.0 Å². The highest BCUT2D eigenvalue weighted by Crippen LogP contribution is 1.82. The van der Waals surface area contributed by atoms with Crippen molar-refractivity contribution in [2.45, 2.75) is 13.0 Å². The molecule has 0 bridgehead atoms. The van der Waals surface area contributed by atoms with Gasteiger partial charge in [-0.15, -0.1) is 0 Å². The van der Waals surface area contributed by atoms with Crippen molar-refractivity contribution < 1.29 is 19.5 Å². The number of amides is 2. The number of carboxylic acid groups (broad SMARTS) is 1. The summed E-state index contributed by atoms with van der Waals surface area (Å²) in [4.78, 5) is 32.3. The summed E-state index contributed by atoms with van der Waals surface area (Å²) in [6, 6.07) is -0.758. The average molecular weight is 217 g/mol. The van der Waals surface area contributed by atoms with Gasteiger partial charge in [0.15, 0.2) is 0 Å². The molecule has 15 heavy (non-hydrogen) atoms. The number of rotatable bonds is 6. The molecule has 0 aliphatic heterocycles. The quantitative estimate of drug-likeness (QED) is 0.408. The summed E-state index contributed by atoms with van der Waals surface area (Å²) in [6.07, 6.45) is 0. The SMILES string of the molecule is CNC[C@H](NC(C)=O)C(=O)NCC(=O)O. The first-order valence-electron chi connectivity index (χ1n) is 4.38. The van der Waals surface area contributed by atoms with Crippen LogP contribution in [0.1, 0.15) is 6.92 Å². The van der Waals surface area contributed by atoms with E-state index in [1.165, 1.54) is 6.92 Å². The summed E-state index contributed by atoms with van der Waals surface area (Å²) in [7, 11) is 1.62. The molecule has 0 aromatic heterocycles. The highest BCUT2D eigenvalue weighted by Gasteiger charge is 2.18. The molecule has 0 aliphatic rings. The van der Waals surface area contributed by atoms with E-state index < -0.39 is 24.5 Å². The first-order valence-corrected chi connectivity index (χ1v) is 4.38. The Balaban J connectivity index is 4.15. The third kappa shape index (κ3) is 6.44. The number of aliphatic carboxylic acids is 1. The molecular formula is C8H15N3O4. The molecule has 86 valence electrons. The first-order chi connectivity index (χ1) is 6.97. The van der Waals surface area contributed by atoms with Crippen LogP contribution >= 0.6 is 0 Å². The maximum Gasteiger partial charge on any atom is 0.322 e. The van der Waals surface area contributed by atoms with Gasteiger partial charge in [-0.2, -0.15) is 0 Å². The van der Waals surface area contributed by atoms with Gasteiger partial charge in [0.05, 0.1) is 0 Å². The molecule has 0 heterocycles. The minimum Gasteiger partial charge on any atom is -0.480 e. The smallest absolute Gasteiger partial charge is 0.322 e. The molecule has 0 spiro atoms. The zero-order valence-corrected chi connectivity index (χ0v) is 8.66. The van der Waals surface area contributed by atoms with Gasteiger partial charge in [0.2, 0.25) is 11.8 Å². The van der Waals surface area contributed by atoms with E-state index in [4.69, 9.17) is 5.11 Å². The minimum atomic E-state index is -1.13. The van der Waals surface area contributed by atoms with Crippen molar-refractivity contribution in [3.8, 4) is 0 Å². The number of hydrogen-bond acceptors (Lipinski definition) is 4. The Kier molecular flexibility index (Phi) is 6.03. The third-order valence-corrected chi connectivity index (χ3v) is 1.52. The number of hydrogen-bond donors (Lipinski definition) is 4. The van der Waals surface area contributed by atoms with Gasteiger partial charge in [0.1, 0.15) is 12.6 Å². The molecule has 1 atom stereocenters. The topological polar surface area (TPSA) is 108 Å². The number of likely N-dealkylation sites (N-methyl/N-ethyl adjacent to an activating group) is 1. The molecule has 7 nitrogen and oxygen atoms in total. The van der Waals surface area contributed by atoms with Crippen LogP contribution in [0.2, 0.25) is 0 Å². The van der Waals surface area contributed by atoms with Crippen molar-refractivity contribution in [3.05, 3.63) is 0 Å². The van der Waals surface area contributed by atoms with E-state index in [0.717, 1.165) is 0 Å². The fourth-order valence-corrected chi connectivity index (χ4v) is 0.945. The largest absolute Gasteiger partial charge is 0.480 e. The first kappa shape index (κ1) is 13.4. The van der Waals surface area contributed by atoms with Crippen molar-refractivity contribution in [2.75, 3.05) is 20.1 Å². The van der Waals surface area contributed by atoms with Gasteiger partial charge in [0, 0.05) is 13.5 Å². The normalized spacial score (nSPS) is 11.6. The molecule has 4 N–H and O–H groups in total. The van der Waals surface area contributed by atoms with Gasteiger partial charge >= 0.3 is 5.97 Å². The van der Waals surface area contributed by atoms with E-state index in [0.29, 0.717) is 0 Å². The number of carboxylic acids is 1. The van der Waals surface area contributed by atoms with Crippen LogP contribution in [0.25, 0.3) is 0 Å². The van der Waals surface area contributed by atoms with E-state index in [-0.39, 0.29) is 12.5 Å². The fraction of sp³-hybridized carbons (Fsp3) is 0.625. The van der Waals surface area contributed by atoms with Crippen LogP contribution in [0.3, 0.4) is 0 Å². The predicted octanol–water partition coefficient (Wildman–Crippen LogP) is -2.09. The molecule has 0 aromatic rings. The zero-order chi connectivity index (χ0) is 11.8. The van der Waals surface area contributed by atoms with E-state index >= 15 is 0 Å². The van der Waals surface area contributed by atoms with E-state index in [1.807, 2.05) is 0 Å². The number of carbonyl (C=O) groups is 3. The molecule has 0 saturated heterocycles. The van der Waals surface area contributed by atoms with Gasteiger partial charge in [-0.25, -0.2) is 0 Å². The van der Waals surface area contributed by atoms with Gasteiger partial charge in [0.25, 0.3) is 0 Å². The van der Waals surface area contributed by atoms with Crippen molar-refractivity contribution >= 4 is 17.8 Å². The zero-order valence-electron chi connectivity index (χ0n) is 8.66. The average Bonchev–Trinajstić information content (AvgIpc) is 2.12. The van der Waals surface area contributed by atoms with E-state index in [1.54, 1.807) is 7.05 Å². The second-order valence-corrected chi connectivity index (χ2v) is 2.92. The van der Waals surface area contributed by atoms with Gasteiger partial charge in [-0.3, -0.25) is 14.4 Å². The maximum atomic E-state index is 11.3. The molecule has 2 amide bonds. The highest BCUT2D eigenvalue weighted by molar-refractivity contribution is 5.88. The van der Waals surface area contributed by atoms with Crippen molar-refractivity contribution in [1.29, 1.82) is 0 Å². The summed E-state index contributed by atoms with van der Waals surface area (Å²) >= 11 is 0. The maximum absolute atomic E-state index is 11.3. The Morgan fingerprint density at radius 2 is 1.93 bits per heavy atom. The van der Waals surface area contributed by atoms with E-state index in [2.05, 4.69) is 16.0 Å². The standard InChI is InChI=1S/C8H15N3O4/c1-5(12)11-6(3-9-2)8(15)10-4-7(13)14/h6,9H,3-4H2,1-2H3,(H,10,15)(H,11,12)(H,13,14)/t6-/m0/s1. The highest BCUT2D eigenvalue weighted by atomic mass is 16.4. The fourth-order valence-electron chi connectivity index (χ4n) is 0.945. The Morgan fingerprint density at radius 1 is 1.33 bits per heavy atom.